The number of pyridine rings is 2. The predicted molar refractivity (Wildman–Crippen MR) is 121 cm³/mol. The quantitative estimate of drug-likeness (QED) is 0.375. The van der Waals surface area contributed by atoms with Crippen molar-refractivity contribution in [3.63, 3.8) is 0 Å². The molecule has 4 heterocycles. The monoisotopic (exact) mass is 438 g/mol. The maximum absolute atomic E-state index is 13.0. The van der Waals surface area contributed by atoms with E-state index in [9.17, 15) is 9.59 Å². The molecule has 0 saturated carbocycles. The van der Waals surface area contributed by atoms with E-state index in [0.29, 0.717) is 28.0 Å². The first kappa shape index (κ1) is 20.3. The number of ketones is 1. The molecular weight excluding hydrogens is 420 g/mol. The number of ether oxygens (including phenoxy) is 1. The van der Waals surface area contributed by atoms with Crippen LogP contribution < -0.4 is 10.3 Å². The maximum atomic E-state index is 13.0. The van der Waals surface area contributed by atoms with Gasteiger partial charge in [0.25, 0.3) is 5.56 Å². The van der Waals surface area contributed by atoms with Crippen molar-refractivity contribution in [1.29, 1.82) is 0 Å². The SMILES string of the molecule is Cn1cc(-c2cc(Oc3ccc4ncn(CC(=O)c5cccnc5)c(=O)c4c3)ccn2)cn1. The Morgan fingerprint density at radius 2 is 1.91 bits per heavy atom. The Bertz CT molecular complexity index is 1520. The number of hydrogen-bond donors (Lipinski definition) is 0. The number of fused-ring (bicyclic) bond motifs is 1. The van der Waals surface area contributed by atoms with Gasteiger partial charge < -0.3 is 4.74 Å². The highest BCUT2D eigenvalue weighted by Crippen LogP contribution is 2.26. The Labute approximate surface area is 188 Å². The zero-order chi connectivity index (χ0) is 22.8. The molecule has 0 radical (unpaired) electrons. The number of Topliss-reactive ketones (excluding diaryl/α,β-unsaturated/α-hetero) is 1. The number of aromatic nitrogens is 6. The fraction of sp³-hybridized carbons (Fsp3) is 0.0833. The van der Waals surface area contributed by atoms with E-state index >= 15 is 0 Å². The van der Waals surface area contributed by atoms with Crippen LogP contribution in [0.3, 0.4) is 0 Å². The fourth-order valence-corrected chi connectivity index (χ4v) is 3.41. The van der Waals surface area contributed by atoms with E-state index in [2.05, 4.69) is 20.1 Å². The van der Waals surface area contributed by atoms with Crippen LogP contribution in [-0.4, -0.2) is 35.1 Å². The third-order valence-electron chi connectivity index (χ3n) is 5.06. The first-order chi connectivity index (χ1) is 16.1. The zero-order valence-corrected chi connectivity index (χ0v) is 17.6. The van der Waals surface area contributed by atoms with Crippen LogP contribution in [0, 0.1) is 0 Å². The number of aryl methyl sites for hydroxylation is 1. The third-order valence-corrected chi connectivity index (χ3v) is 5.06. The van der Waals surface area contributed by atoms with Gasteiger partial charge in [-0.05, 0) is 36.4 Å². The van der Waals surface area contributed by atoms with Crippen molar-refractivity contribution in [3.8, 4) is 22.8 Å². The van der Waals surface area contributed by atoms with E-state index in [1.165, 1.54) is 17.1 Å². The topological polar surface area (TPSA) is 105 Å². The predicted octanol–water partition coefficient (Wildman–Crippen LogP) is 3.26. The van der Waals surface area contributed by atoms with Crippen molar-refractivity contribution in [2.45, 2.75) is 6.54 Å². The van der Waals surface area contributed by atoms with Gasteiger partial charge in [0.15, 0.2) is 5.78 Å². The molecule has 0 N–H and O–H groups in total. The lowest BCUT2D eigenvalue weighted by Crippen LogP contribution is -2.24. The number of hydrogen-bond acceptors (Lipinski definition) is 7. The Balaban J connectivity index is 1.43. The Kier molecular flexibility index (Phi) is 5.19. The molecule has 4 aromatic heterocycles. The second-order valence-corrected chi connectivity index (χ2v) is 7.40. The number of carbonyl (C=O) groups excluding carboxylic acids is 1. The lowest BCUT2D eigenvalue weighted by atomic mass is 10.2. The normalized spacial score (nSPS) is 10.9. The third kappa shape index (κ3) is 4.24. The van der Waals surface area contributed by atoms with Gasteiger partial charge in [-0.25, -0.2) is 4.98 Å². The van der Waals surface area contributed by atoms with Crippen LogP contribution in [0.4, 0.5) is 0 Å². The Morgan fingerprint density at radius 3 is 2.70 bits per heavy atom. The van der Waals surface area contributed by atoms with Gasteiger partial charge in [-0.15, -0.1) is 0 Å². The number of rotatable bonds is 6. The largest absolute Gasteiger partial charge is 0.457 e. The molecule has 0 amide bonds. The lowest BCUT2D eigenvalue weighted by molar-refractivity contribution is 0.0970. The summed E-state index contributed by atoms with van der Waals surface area (Å²) in [5.41, 5.74) is 2.21. The highest BCUT2D eigenvalue weighted by Gasteiger charge is 2.12. The summed E-state index contributed by atoms with van der Waals surface area (Å²) in [5, 5.41) is 4.52. The molecule has 0 bridgehead atoms. The first-order valence-corrected chi connectivity index (χ1v) is 10.1. The summed E-state index contributed by atoms with van der Waals surface area (Å²) in [5.74, 6) is 0.818. The summed E-state index contributed by atoms with van der Waals surface area (Å²) in [6, 6.07) is 12.0. The summed E-state index contributed by atoms with van der Waals surface area (Å²) in [6.45, 7) is -0.128. The Hall–Kier alpha value is -4.66. The van der Waals surface area contributed by atoms with E-state index in [-0.39, 0.29) is 17.9 Å². The van der Waals surface area contributed by atoms with Gasteiger partial charge in [0.1, 0.15) is 11.5 Å². The summed E-state index contributed by atoms with van der Waals surface area (Å²) < 4.78 is 8.97. The average molecular weight is 438 g/mol. The van der Waals surface area contributed by atoms with Crippen molar-refractivity contribution in [3.05, 3.63) is 95.7 Å². The lowest BCUT2D eigenvalue weighted by Gasteiger charge is -2.09. The molecule has 0 aliphatic carbocycles. The fourth-order valence-electron chi connectivity index (χ4n) is 3.41. The Morgan fingerprint density at radius 1 is 1.03 bits per heavy atom. The summed E-state index contributed by atoms with van der Waals surface area (Å²) in [4.78, 5) is 38.1. The minimum absolute atomic E-state index is 0.128. The second kappa shape index (κ2) is 8.46. The van der Waals surface area contributed by atoms with Crippen molar-refractivity contribution in [2.75, 3.05) is 0 Å². The molecule has 162 valence electrons. The molecule has 0 atom stereocenters. The van der Waals surface area contributed by atoms with Gasteiger partial charge in [-0.3, -0.25) is 28.8 Å². The molecule has 9 heteroatoms. The van der Waals surface area contributed by atoms with Gasteiger partial charge in [-0.1, -0.05) is 0 Å². The standard InChI is InChI=1S/C24H18N6O3/c1-29-13-17(12-28-29)22-10-19(6-8-26-22)33-18-4-5-21-20(9-18)24(32)30(15-27-21)14-23(31)16-3-2-7-25-11-16/h2-13,15H,14H2,1H3. The van der Waals surface area contributed by atoms with Gasteiger partial charge in [-0.2, -0.15) is 5.10 Å². The molecule has 5 rings (SSSR count). The van der Waals surface area contributed by atoms with Crippen LogP contribution in [0.15, 0.2) is 84.6 Å². The van der Waals surface area contributed by atoms with Crippen LogP contribution in [0.5, 0.6) is 11.5 Å². The number of carbonyl (C=O) groups is 1. The number of benzene rings is 1. The molecule has 5 aromatic rings. The van der Waals surface area contributed by atoms with Crippen molar-refractivity contribution in [1.82, 2.24) is 29.3 Å². The van der Waals surface area contributed by atoms with E-state index in [4.69, 9.17) is 4.74 Å². The van der Waals surface area contributed by atoms with Crippen molar-refractivity contribution in [2.24, 2.45) is 7.05 Å². The van der Waals surface area contributed by atoms with Gasteiger partial charge in [0.2, 0.25) is 0 Å². The minimum atomic E-state index is -0.325. The smallest absolute Gasteiger partial charge is 0.261 e. The van der Waals surface area contributed by atoms with Crippen LogP contribution in [0.2, 0.25) is 0 Å². The molecule has 33 heavy (non-hydrogen) atoms. The van der Waals surface area contributed by atoms with Crippen molar-refractivity contribution < 1.29 is 9.53 Å². The van der Waals surface area contributed by atoms with E-state index in [0.717, 1.165) is 11.3 Å². The summed E-state index contributed by atoms with van der Waals surface area (Å²) >= 11 is 0. The van der Waals surface area contributed by atoms with Crippen LogP contribution in [0.25, 0.3) is 22.2 Å². The molecular formula is C24H18N6O3. The molecule has 0 saturated heterocycles. The van der Waals surface area contributed by atoms with Crippen molar-refractivity contribution >= 4 is 16.7 Å². The maximum Gasteiger partial charge on any atom is 0.261 e. The molecule has 9 nitrogen and oxygen atoms in total. The highest BCUT2D eigenvalue weighted by molar-refractivity contribution is 5.95. The molecule has 0 aliphatic rings. The molecule has 0 unspecified atom stereocenters. The van der Waals surface area contributed by atoms with Crippen LogP contribution in [0.1, 0.15) is 10.4 Å². The highest BCUT2D eigenvalue weighted by atomic mass is 16.5. The first-order valence-electron chi connectivity index (χ1n) is 10.1. The average Bonchev–Trinajstić information content (AvgIpc) is 3.28. The molecule has 0 aliphatic heterocycles. The number of nitrogens with zero attached hydrogens (tertiary/aromatic N) is 6. The van der Waals surface area contributed by atoms with E-state index in [1.54, 1.807) is 65.7 Å². The van der Waals surface area contributed by atoms with Gasteiger partial charge in [0, 0.05) is 49.0 Å². The minimum Gasteiger partial charge on any atom is -0.457 e. The van der Waals surface area contributed by atoms with E-state index in [1.807, 2.05) is 13.2 Å². The van der Waals surface area contributed by atoms with Crippen LogP contribution >= 0.6 is 0 Å². The van der Waals surface area contributed by atoms with Gasteiger partial charge in [0.05, 0.1) is 35.7 Å². The molecule has 1 aromatic carbocycles. The molecule has 0 spiro atoms. The van der Waals surface area contributed by atoms with E-state index < -0.39 is 0 Å². The molecule has 0 fully saturated rings. The zero-order valence-electron chi connectivity index (χ0n) is 17.6. The second-order valence-electron chi connectivity index (χ2n) is 7.40. The summed E-state index contributed by atoms with van der Waals surface area (Å²) in [6.07, 6.45) is 9.68. The summed E-state index contributed by atoms with van der Waals surface area (Å²) in [7, 11) is 1.84. The van der Waals surface area contributed by atoms with Crippen LogP contribution in [-0.2, 0) is 13.6 Å². The van der Waals surface area contributed by atoms with Gasteiger partial charge >= 0.3 is 0 Å².